The molecule has 5 nitrogen and oxygen atoms in total. The van der Waals surface area contributed by atoms with Crippen molar-refractivity contribution in [3.8, 4) is 5.75 Å². The number of benzene rings is 1. The summed E-state index contributed by atoms with van der Waals surface area (Å²) in [5.41, 5.74) is 2.76. The topological polar surface area (TPSA) is 49.9 Å². The molecule has 1 aromatic carbocycles. The predicted molar refractivity (Wildman–Crippen MR) is 103 cm³/mol. The van der Waals surface area contributed by atoms with Crippen LogP contribution in [0.2, 0.25) is 0 Å². The molecule has 0 aliphatic carbocycles. The molecule has 26 heavy (non-hydrogen) atoms. The summed E-state index contributed by atoms with van der Waals surface area (Å²) in [7, 11) is 1.59. The van der Waals surface area contributed by atoms with Gasteiger partial charge < -0.3 is 14.5 Å². The van der Waals surface area contributed by atoms with Gasteiger partial charge in [0.25, 0.3) is 11.8 Å². The Kier molecular flexibility index (Phi) is 5.61. The van der Waals surface area contributed by atoms with Gasteiger partial charge in [0.15, 0.2) is 0 Å². The first-order valence-electron chi connectivity index (χ1n) is 8.78. The van der Waals surface area contributed by atoms with Crippen LogP contribution >= 0.6 is 11.3 Å². The number of nitrogens with zero attached hydrogens (tertiary/aromatic N) is 2. The summed E-state index contributed by atoms with van der Waals surface area (Å²) in [4.78, 5) is 30.0. The van der Waals surface area contributed by atoms with E-state index in [0.29, 0.717) is 37.5 Å². The van der Waals surface area contributed by atoms with Crippen LogP contribution < -0.4 is 4.74 Å². The van der Waals surface area contributed by atoms with E-state index in [0.717, 1.165) is 22.4 Å². The van der Waals surface area contributed by atoms with E-state index in [1.807, 2.05) is 53.3 Å². The minimum absolute atomic E-state index is 0.0321. The van der Waals surface area contributed by atoms with Gasteiger partial charge in [-0.25, -0.2) is 0 Å². The average molecular weight is 372 g/mol. The minimum Gasteiger partial charge on any atom is -0.496 e. The molecular weight excluding hydrogens is 348 g/mol. The van der Waals surface area contributed by atoms with Gasteiger partial charge in [-0.3, -0.25) is 9.59 Å². The lowest BCUT2D eigenvalue weighted by molar-refractivity contribution is 0.0719. The van der Waals surface area contributed by atoms with E-state index in [1.165, 1.54) is 11.3 Å². The van der Waals surface area contributed by atoms with Crippen molar-refractivity contribution in [2.24, 2.45) is 0 Å². The molecule has 138 valence electrons. The molecular formula is C20H24N2O3S. The molecule has 2 amide bonds. The number of carbonyl (C=O) groups is 2. The Bertz CT molecular complexity index is 802. The largest absolute Gasteiger partial charge is 0.496 e. The van der Waals surface area contributed by atoms with E-state index in [-0.39, 0.29) is 11.8 Å². The molecule has 0 radical (unpaired) electrons. The highest BCUT2D eigenvalue weighted by Gasteiger charge is 2.25. The van der Waals surface area contributed by atoms with Crippen molar-refractivity contribution in [3.63, 3.8) is 0 Å². The number of carbonyl (C=O) groups excluding carboxylic acids is 2. The summed E-state index contributed by atoms with van der Waals surface area (Å²) in [5, 5.41) is 1.91. The van der Waals surface area contributed by atoms with Gasteiger partial charge in [-0.15, -0.1) is 11.3 Å². The van der Waals surface area contributed by atoms with Crippen molar-refractivity contribution in [1.82, 2.24) is 9.80 Å². The summed E-state index contributed by atoms with van der Waals surface area (Å²) in [6.45, 7) is 6.40. The van der Waals surface area contributed by atoms with E-state index >= 15 is 0 Å². The maximum Gasteiger partial charge on any atom is 0.263 e. The van der Waals surface area contributed by atoms with Gasteiger partial charge in [-0.1, -0.05) is 6.07 Å². The third-order valence-electron chi connectivity index (χ3n) is 4.85. The normalized spacial score (nSPS) is 14.9. The Morgan fingerprint density at radius 1 is 1.00 bits per heavy atom. The second-order valence-corrected chi connectivity index (χ2v) is 7.50. The Morgan fingerprint density at radius 2 is 1.65 bits per heavy atom. The molecule has 1 aliphatic heterocycles. The van der Waals surface area contributed by atoms with Gasteiger partial charge in [0.1, 0.15) is 5.75 Å². The highest BCUT2D eigenvalue weighted by molar-refractivity contribution is 7.12. The molecule has 2 heterocycles. The summed E-state index contributed by atoms with van der Waals surface area (Å²) in [6.07, 6.45) is 0.774. The molecule has 0 bridgehead atoms. The van der Waals surface area contributed by atoms with Crippen LogP contribution in [0.5, 0.6) is 5.75 Å². The Morgan fingerprint density at radius 3 is 2.27 bits per heavy atom. The van der Waals surface area contributed by atoms with Crippen LogP contribution in [0.3, 0.4) is 0 Å². The van der Waals surface area contributed by atoms with Gasteiger partial charge >= 0.3 is 0 Å². The molecule has 0 N–H and O–H groups in total. The minimum atomic E-state index is -0.0321. The van der Waals surface area contributed by atoms with Crippen molar-refractivity contribution in [3.05, 3.63) is 51.2 Å². The molecule has 0 saturated carbocycles. The lowest BCUT2D eigenvalue weighted by Gasteiger charge is -2.23. The quantitative estimate of drug-likeness (QED) is 0.830. The van der Waals surface area contributed by atoms with Gasteiger partial charge in [0, 0.05) is 26.2 Å². The molecule has 0 atom stereocenters. The number of aryl methyl sites for hydroxylation is 2. The molecule has 3 rings (SSSR count). The number of methoxy groups -OCH3 is 1. The number of hydrogen-bond acceptors (Lipinski definition) is 4. The van der Waals surface area contributed by atoms with Gasteiger partial charge in [0.2, 0.25) is 0 Å². The van der Waals surface area contributed by atoms with Crippen molar-refractivity contribution in [2.75, 3.05) is 33.3 Å². The number of ether oxygens (including phenoxy) is 1. The molecule has 6 heteroatoms. The molecule has 1 saturated heterocycles. The predicted octanol–water partition coefficient (Wildman–Crippen LogP) is 3.36. The van der Waals surface area contributed by atoms with Gasteiger partial charge in [-0.2, -0.15) is 0 Å². The average Bonchev–Trinajstić information content (AvgIpc) is 3.07. The summed E-state index contributed by atoms with van der Waals surface area (Å²) in [6, 6.07) is 7.54. The molecule has 0 unspecified atom stereocenters. The fourth-order valence-corrected chi connectivity index (χ4v) is 3.87. The zero-order chi connectivity index (χ0) is 18.7. The lowest BCUT2D eigenvalue weighted by atomic mass is 10.0. The van der Waals surface area contributed by atoms with E-state index in [1.54, 1.807) is 7.11 Å². The van der Waals surface area contributed by atoms with E-state index in [2.05, 4.69) is 0 Å². The van der Waals surface area contributed by atoms with Crippen molar-refractivity contribution in [1.29, 1.82) is 0 Å². The Balaban J connectivity index is 1.74. The highest BCUT2D eigenvalue weighted by Crippen LogP contribution is 2.25. The number of hydrogen-bond donors (Lipinski definition) is 0. The molecule has 1 fully saturated rings. The zero-order valence-corrected chi connectivity index (χ0v) is 16.3. The second-order valence-electron chi connectivity index (χ2n) is 6.55. The fourth-order valence-electron chi connectivity index (χ4n) is 3.18. The number of rotatable bonds is 3. The maximum absolute atomic E-state index is 13.0. The highest BCUT2D eigenvalue weighted by atomic mass is 32.1. The number of amides is 2. The summed E-state index contributed by atoms with van der Waals surface area (Å²) < 4.78 is 5.42. The summed E-state index contributed by atoms with van der Waals surface area (Å²) in [5.74, 6) is 0.627. The van der Waals surface area contributed by atoms with Crippen molar-refractivity contribution >= 4 is 23.2 Å². The van der Waals surface area contributed by atoms with Crippen LogP contribution in [0.25, 0.3) is 0 Å². The third-order valence-corrected chi connectivity index (χ3v) is 5.71. The molecule has 0 spiro atoms. The van der Waals surface area contributed by atoms with Crippen LogP contribution in [0, 0.1) is 13.8 Å². The van der Waals surface area contributed by atoms with E-state index < -0.39 is 0 Å². The Hall–Kier alpha value is -2.34. The standard InChI is InChI=1S/C20H24N2O3S/c1-14-12-16(17(25-3)13-15(14)2)19(23)21-7-5-8-22(10-9-21)20(24)18-6-4-11-26-18/h4,6,11-13H,5,7-10H2,1-3H3. The monoisotopic (exact) mass is 372 g/mol. The SMILES string of the molecule is COc1cc(C)c(C)cc1C(=O)N1CCCN(C(=O)c2cccs2)CC1. The van der Waals surface area contributed by atoms with Crippen LogP contribution in [0.4, 0.5) is 0 Å². The van der Waals surface area contributed by atoms with Crippen LogP contribution in [0.15, 0.2) is 29.6 Å². The summed E-state index contributed by atoms with van der Waals surface area (Å²) >= 11 is 1.46. The molecule has 1 aromatic heterocycles. The maximum atomic E-state index is 13.0. The molecule has 2 aromatic rings. The van der Waals surface area contributed by atoms with E-state index in [4.69, 9.17) is 4.74 Å². The first-order chi connectivity index (χ1) is 12.5. The van der Waals surface area contributed by atoms with Crippen LogP contribution in [0.1, 0.15) is 37.6 Å². The van der Waals surface area contributed by atoms with Gasteiger partial charge in [0.05, 0.1) is 17.6 Å². The van der Waals surface area contributed by atoms with Crippen LogP contribution in [-0.4, -0.2) is 54.9 Å². The van der Waals surface area contributed by atoms with Gasteiger partial charge in [-0.05, 0) is 55.0 Å². The van der Waals surface area contributed by atoms with Crippen LogP contribution in [-0.2, 0) is 0 Å². The first kappa shape index (κ1) is 18.5. The first-order valence-corrected chi connectivity index (χ1v) is 9.66. The second kappa shape index (κ2) is 7.91. The number of thiophene rings is 1. The Labute approximate surface area is 158 Å². The third kappa shape index (κ3) is 3.75. The fraction of sp³-hybridized carbons (Fsp3) is 0.400. The zero-order valence-electron chi connectivity index (χ0n) is 15.4. The lowest BCUT2D eigenvalue weighted by Crippen LogP contribution is -2.37. The van der Waals surface area contributed by atoms with E-state index in [9.17, 15) is 9.59 Å². The molecule has 1 aliphatic rings. The smallest absolute Gasteiger partial charge is 0.263 e. The van der Waals surface area contributed by atoms with Crippen molar-refractivity contribution in [2.45, 2.75) is 20.3 Å². The van der Waals surface area contributed by atoms with Crippen molar-refractivity contribution < 1.29 is 14.3 Å².